The summed E-state index contributed by atoms with van der Waals surface area (Å²) in [4.78, 5) is 22.8. The second-order valence-electron chi connectivity index (χ2n) is 6.73. The standard InChI is InChI=1S/C18H19F3N4O5/c1-8(26)28-7-15-18(29-9(2)27)14(5-16(22)30-15)25-6-13(23-24-25)10-3-11(19)17(21)12(20)4-10/h3-4,6,14-16,18H,5,7,22H2,1-2H3/t14-,15-,16-,18-/m1/s1. The van der Waals surface area contributed by atoms with E-state index in [2.05, 4.69) is 10.3 Å². The Morgan fingerprint density at radius 1 is 1.23 bits per heavy atom. The van der Waals surface area contributed by atoms with Crippen LogP contribution < -0.4 is 5.73 Å². The van der Waals surface area contributed by atoms with Crippen LogP contribution in [0.15, 0.2) is 18.3 Å². The molecule has 12 heteroatoms. The van der Waals surface area contributed by atoms with Crippen LogP contribution in [0.4, 0.5) is 13.2 Å². The number of hydrogen-bond donors (Lipinski definition) is 1. The summed E-state index contributed by atoms with van der Waals surface area (Å²) in [5, 5.41) is 7.80. The van der Waals surface area contributed by atoms with Gasteiger partial charge in [-0.2, -0.15) is 0 Å². The molecule has 2 N–H and O–H groups in total. The van der Waals surface area contributed by atoms with Gasteiger partial charge >= 0.3 is 11.9 Å². The molecule has 0 amide bonds. The normalized spacial score (nSPS) is 23.8. The minimum absolute atomic E-state index is 0.0329. The van der Waals surface area contributed by atoms with E-state index in [9.17, 15) is 22.8 Å². The number of esters is 2. The molecule has 30 heavy (non-hydrogen) atoms. The van der Waals surface area contributed by atoms with E-state index in [-0.39, 0.29) is 24.3 Å². The number of carbonyl (C=O) groups is 2. The molecule has 3 rings (SSSR count). The molecule has 1 saturated heterocycles. The van der Waals surface area contributed by atoms with Crippen LogP contribution in [-0.2, 0) is 23.8 Å². The lowest BCUT2D eigenvalue weighted by Gasteiger charge is -2.39. The molecular formula is C18H19F3N4O5. The Morgan fingerprint density at radius 2 is 1.90 bits per heavy atom. The third kappa shape index (κ3) is 4.76. The molecule has 1 fully saturated rings. The number of hydrogen-bond acceptors (Lipinski definition) is 8. The van der Waals surface area contributed by atoms with Crippen molar-refractivity contribution in [2.24, 2.45) is 5.73 Å². The van der Waals surface area contributed by atoms with Crippen molar-refractivity contribution in [1.82, 2.24) is 15.0 Å². The SMILES string of the molecule is CC(=O)OC[C@H]1O[C@@H](N)C[C@@H](n2cc(-c3cc(F)c(F)c(F)c3)nn2)[C@H]1OC(C)=O. The first-order valence-corrected chi connectivity index (χ1v) is 8.94. The van der Waals surface area contributed by atoms with Crippen molar-refractivity contribution in [1.29, 1.82) is 0 Å². The van der Waals surface area contributed by atoms with E-state index in [0.717, 1.165) is 12.1 Å². The van der Waals surface area contributed by atoms with Crippen molar-refractivity contribution in [2.45, 2.75) is 44.7 Å². The van der Waals surface area contributed by atoms with Crippen LogP contribution >= 0.6 is 0 Å². The van der Waals surface area contributed by atoms with Crippen molar-refractivity contribution in [3.05, 3.63) is 35.8 Å². The Balaban J connectivity index is 1.91. The van der Waals surface area contributed by atoms with Gasteiger partial charge in [0.2, 0.25) is 0 Å². The van der Waals surface area contributed by atoms with Gasteiger partial charge in [0.05, 0.1) is 12.2 Å². The Kier molecular flexibility index (Phi) is 6.37. The fourth-order valence-electron chi connectivity index (χ4n) is 3.19. The third-order valence-corrected chi connectivity index (χ3v) is 4.45. The average molecular weight is 428 g/mol. The second kappa shape index (κ2) is 8.79. The number of ether oxygens (including phenoxy) is 3. The van der Waals surface area contributed by atoms with Crippen molar-refractivity contribution in [3.63, 3.8) is 0 Å². The van der Waals surface area contributed by atoms with Crippen LogP contribution in [0.1, 0.15) is 26.3 Å². The topological polar surface area (TPSA) is 119 Å². The molecular weight excluding hydrogens is 409 g/mol. The van der Waals surface area contributed by atoms with Crippen LogP contribution in [0.3, 0.4) is 0 Å². The highest BCUT2D eigenvalue weighted by Crippen LogP contribution is 2.31. The smallest absolute Gasteiger partial charge is 0.303 e. The first-order valence-electron chi connectivity index (χ1n) is 8.94. The zero-order valence-electron chi connectivity index (χ0n) is 16.0. The van der Waals surface area contributed by atoms with Crippen molar-refractivity contribution >= 4 is 11.9 Å². The number of nitrogens with zero attached hydrogens (tertiary/aromatic N) is 3. The summed E-state index contributed by atoms with van der Waals surface area (Å²) in [6.07, 6.45) is -1.09. The first kappa shape index (κ1) is 21.7. The van der Waals surface area contributed by atoms with E-state index in [1.54, 1.807) is 0 Å². The average Bonchev–Trinajstić information content (AvgIpc) is 3.15. The third-order valence-electron chi connectivity index (χ3n) is 4.45. The minimum atomic E-state index is -1.59. The molecule has 1 aromatic carbocycles. The molecule has 9 nitrogen and oxygen atoms in total. The molecule has 0 spiro atoms. The summed E-state index contributed by atoms with van der Waals surface area (Å²) in [5.41, 5.74) is 5.95. The fourth-order valence-corrected chi connectivity index (χ4v) is 3.19. The van der Waals surface area contributed by atoms with Crippen LogP contribution in [0.2, 0.25) is 0 Å². The number of halogens is 3. The molecule has 0 saturated carbocycles. The van der Waals surface area contributed by atoms with E-state index in [0.29, 0.717) is 0 Å². The van der Waals surface area contributed by atoms with E-state index < -0.39 is 53.9 Å². The van der Waals surface area contributed by atoms with Gasteiger partial charge in [0.15, 0.2) is 23.6 Å². The van der Waals surface area contributed by atoms with Gasteiger partial charge in [-0.15, -0.1) is 5.10 Å². The molecule has 2 aromatic rings. The van der Waals surface area contributed by atoms with Gasteiger partial charge < -0.3 is 19.9 Å². The monoisotopic (exact) mass is 428 g/mol. The summed E-state index contributed by atoms with van der Waals surface area (Å²) in [6, 6.07) is 0.903. The summed E-state index contributed by atoms with van der Waals surface area (Å²) in [5.74, 6) is -5.50. The highest BCUT2D eigenvalue weighted by molar-refractivity contribution is 5.66. The summed E-state index contributed by atoms with van der Waals surface area (Å²) in [6.45, 7) is 2.20. The van der Waals surface area contributed by atoms with E-state index in [1.165, 1.54) is 24.7 Å². The summed E-state index contributed by atoms with van der Waals surface area (Å²) >= 11 is 0. The Labute approximate surface area is 168 Å². The Bertz CT molecular complexity index is 931. The molecule has 162 valence electrons. The maximum Gasteiger partial charge on any atom is 0.303 e. The number of rotatable bonds is 5. The van der Waals surface area contributed by atoms with Crippen molar-refractivity contribution < 1.29 is 37.0 Å². The van der Waals surface area contributed by atoms with E-state index in [4.69, 9.17) is 19.9 Å². The van der Waals surface area contributed by atoms with Crippen LogP contribution in [0.5, 0.6) is 0 Å². The number of carbonyl (C=O) groups excluding carboxylic acids is 2. The number of aromatic nitrogens is 3. The molecule has 4 atom stereocenters. The largest absolute Gasteiger partial charge is 0.463 e. The van der Waals surface area contributed by atoms with Gasteiger partial charge in [-0.3, -0.25) is 9.59 Å². The summed E-state index contributed by atoms with van der Waals surface area (Å²) < 4.78 is 57.5. The van der Waals surface area contributed by atoms with Gasteiger partial charge in [-0.25, -0.2) is 17.9 Å². The quantitative estimate of drug-likeness (QED) is 0.562. The van der Waals surface area contributed by atoms with E-state index >= 15 is 0 Å². The minimum Gasteiger partial charge on any atom is -0.463 e. The van der Waals surface area contributed by atoms with Gasteiger partial charge in [-0.05, 0) is 12.1 Å². The molecule has 2 heterocycles. The van der Waals surface area contributed by atoms with Crippen molar-refractivity contribution in [2.75, 3.05) is 6.61 Å². The Morgan fingerprint density at radius 3 is 2.50 bits per heavy atom. The van der Waals surface area contributed by atoms with E-state index in [1.807, 2.05) is 0 Å². The number of benzene rings is 1. The predicted molar refractivity (Wildman–Crippen MR) is 94.0 cm³/mol. The van der Waals surface area contributed by atoms with Crippen LogP contribution in [0, 0.1) is 17.5 Å². The molecule has 0 unspecified atom stereocenters. The number of nitrogens with two attached hydrogens (primary N) is 1. The lowest BCUT2D eigenvalue weighted by molar-refractivity contribution is -0.191. The summed E-state index contributed by atoms with van der Waals surface area (Å²) in [7, 11) is 0. The van der Waals surface area contributed by atoms with Gasteiger partial charge in [0.1, 0.15) is 24.6 Å². The molecule has 1 aliphatic heterocycles. The molecule has 0 aliphatic carbocycles. The van der Waals surface area contributed by atoms with Crippen molar-refractivity contribution in [3.8, 4) is 11.3 Å². The van der Waals surface area contributed by atoms with Gasteiger partial charge in [-0.1, -0.05) is 5.21 Å². The highest BCUT2D eigenvalue weighted by Gasteiger charge is 2.42. The Hall–Kier alpha value is -2.99. The molecule has 0 radical (unpaired) electrons. The van der Waals surface area contributed by atoms with Gasteiger partial charge in [0, 0.05) is 25.8 Å². The highest BCUT2D eigenvalue weighted by atomic mass is 19.2. The zero-order valence-corrected chi connectivity index (χ0v) is 16.0. The lowest BCUT2D eigenvalue weighted by atomic mass is 9.98. The maximum atomic E-state index is 13.5. The lowest BCUT2D eigenvalue weighted by Crippen LogP contribution is -2.52. The second-order valence-corrected chi connectivity index (χ2v) is 6.73. The maximum absolute atomic E-state index is 13.5. The predicted octanol–water partition coefficient (Wildman–Crippen LogP) is 1.47. The molecule has 0 bridgehead atoms. The first-order chi connectivity index (χ1) is 14.2. The molecule has 1 aliphatic rings. The fraction of sp³-hybridized carbons (Fsp3) is 0.444. The zero-order chi connectivity index (χ0) is 22.0. The van der Waals surface area contributed by atoms with Gasteiger partial charge in [0.25, 0.3) is 0 Å². The van der Waals surface area contributed by atoms with Crippen LogP contribution in [0.25, 0.3) is 11.3 Å². The molecule has 1 aromatic heterocycles. The van der Waals surface area contributed by atoms with Crippen LogP contribution in [-0.4, -0.2) is 52.0 Å².